The van der Waals surface area contributed by atoms with Gasteiger partial charge in [-0.15, -0.1) is 0 Å². The molecule has 0 saturated carbocycles. The Bertz CT molecular complexity index is 1350. The normalized spacial score (nSPS) is 11.3. The summed E-state index contributed by atoms with van der Waals surface area (Å²) in [5.41, 5.74) is 8.76. The van der Waals surface area contributed by atoms with Gasteiger partial charge in [0, 0.05) is 0 Å². The summed E-state index contributed by atoms with van der Waals surface area (Å²) in [6.45, 7) is 6.32. The minimum absolute atomic E-state index is 0.0922. The van der Waals surface area contributed by atoms with E-state index in [1.54, 1.807) is 24.4 Å². The van der Waals surface area contributed by atoms with Crippen LogP contribution in [0.15, 0.2) is 47.6 Å². The van der Waals surface area contributed by atoms with Crippen LogP contribution in [0.2, 0.25) is 0 Å². The number of benzene rings is 2. The summed E-state index contributed by atoms with van der Waals surface area (Å²) in [7, 11) is 0. The van der Waals surface area contributed by atoms with Crippen LogP contribution in [0.3, 0.4) is 0 Å². The molecular formula is C24H23N5O2. The first-order valence-electron chi connectivity index (χ1n) is 10.2. The van der Waals surface area contributed by atoms with E-state index in [0.717, 1.165) is 40.0 Å². The van der Waals surface area contributed by atoms with Crippen LogP contribution in [0.4, 0.5) is 5.82 Å². The molecule has 156 valence electrons. The maximum absolute atomic E-state index is 9.89. The highest BCUT2D eigenvalue weighted by molar-refractivity contribution is 5.87. The molecular weight excluding hydrogens is 390 g/mol. The molecule has 2 aromatic heterocycles. The minimum Gasteiger partial charge on any atom is -0.504 e. The van der Waals surface area contributed by atoms with E-state index < -0.39 is 0 Å². The molecule has 2 aromatic carbocycles. The SMILES string of the molecule is CCOc1cc(/C=N\Nc2c(CC)c(C)c(C#N)c3nc4ccccc4n23)ccc1O. The summed E-state index contributed by atoms with van der Waals surface area (Å²) < 4.78 is 7.40. The van der Waals surface area contributed by atoms with Crippen molar-refractivity contribution in [2.75, 3.05) is 12.0 Å². The number of aromatic nitrogens is 2. The second kappa shape index (κ2) is 8.36. The number of para-hydroxylation sites is 2. The van der Waals surface area contributed by atoms with Crippen molar-refractivity contribution in [2.24, 2.45) is 5.10 Å². The lowest BCUT2D eigenvalue weighted by Gasteiger charge is -2.15. The van der Waals surface area contributed by atoms with Gasteiger partial charge in [-0.2, -0.15) is 10.4 Å². The van der Waals surface area contributed by atoms with Crippen LogP contribution < -0.4 is 10.2 Å². The molecule has 0 aliphatic rings. The molecule has 31 heavy (non-hydrogen) atoms. The lowest BCUT2D eigenvalue weighted by Crippen LogP contribution is -2.07. The number of hydrazone groups is 1. The zero-order chi connectivity index (χ0) is 22.0. The highest BCUT2D eigenvalue weighted by Crippen LogP contribution is 2.31. The monoisotopic (exact) mass is 413 g/mol. The second-order valence-corrected chi connectivity index (χ2v) is 7.08. The summed E-state index contributed by atoms with van der Waals surface area (Å²) in [5.74, 6) is 1.29. The predicted octanol–water partition coefficient (Wildman–Crippen LogP) is 4.78. The van der Waals surface area contributed by atoms with Crippen molar-refractivity contribution in [3.8, 4) is 17.6 Å². The van der Waals surface area contributed by atoms with E-state index >= 15 is 0 Å². The standard InChI is InChI=1S/C24H23N5O2/c1-4-17-15(3)18(13-25)23-27-19-8-6-7-9-20(19)29(23)24(17)28-26-14-16-10-11-21(30)22(12-16)31-5-2/h6-12,14,28,30H,4-5H2,1-3H3/b26-14-. The summed E-state index contributed by atoms with van der Waals surface area (Å²) in [6.07, 6.45) is 2.40. The highest BCUT2D eigenvalue weighted by atomic mass is 16.5. The van der Waals surface area contributed by atoms with Crippen molar-refractivity contribution in [1.82, 2.24) is 9.38 Å². The van der Waals surface area contributed by atoms with Crippen molar-refractivity contribution < 1.29 is 9.84 Å². The fraction of sp³-hybridized carbons (Fsp3) is 0.208. The molecule has 4 rings (SSSR count). The number of phenols is 1. The molecule has 0 radical (unpaired) electrons. The van der Waals surface area contributed by atoms with Crippen LogP contribution in [0.5, 0.6) is 11.5 Å². The molecule has 0 aliphatic carbocycles. The average Bonchev–Trinajstić information content (AvgIpc) is 3.15. The molecule has 0 atom stereocenters. The lowest BCUT2D eigenvalue weighted by atomic mass is 10.0. The van der Waals surface area contributed by atoms with Gasteiger partial charge in [0.2, 0.25) is 0 Å². The van der Waals surface area contributed by atoms with E-state index in [0.29, 0.717) is 23.6 Å². The summed E-state index contributed by atoms with van der Waals surface area (Å²) >= 11 is 0. The molecule has 0 aliphatic heterocycles. The van der Waals surface area contributed by atoms with Gasteiger partial charge in [-0.05, 0) is 67.3 Å². The third-order valence-corrected chi connectivity index (χ3v) is 5.25. The quantitative estimate of drug-likeness (QED) is 0.350. The Kier molecular flexibility index (Phi) is 5.46. The van der Waals surface area contributed by atoms with Crippen molar-refractivity contribution in [3.63, 3.8) is 0 Å². The molecule has 2 heterocycles. The fourth-order valence-electron chi connectivity index (χ4n) is 3.79. The third kappa shape index (κ3) is 3.53. The third-order valence-electron chi connectivity index (χ3n) is 5.25. The number of hydrogen-bond donors (Lipinski definition) is 2. The van der Waals surface area contributed by atoms with Crippen molar-refractivity contribution in [2.45, 2.75) is 27.2 Å². The van der Waals surface area contributed by atoms with Crippen LogP contribution in [-0.4, -0.2) is 27.3 Å². The number of imidazole rings is 1. The van der Waals surface area contributed by atoms with E-state index in [4.69, 9.17) is 9.72 Å². The van der Waals surface area contributed by atoms with Gasteiger partial charge < -0.3 is 9.84 Å². The molecule has 7 heteroatoms. The van der Waals surface area contributed by atoms with Crippen LogP contribution in [-0.2, 0) is 6.42 Å². The first-order chi connectivity index (χ1) is 15.1. The van der Waals surface area contributed by atoms with Gasteiger partial charge in [-0.25, -0.2) is 4.98 Å². The van der Waals surface area contributed by atoms with Gasteiger partial charge in [0.05, 0.1) is 29.4 Å². The number of pyridine rings is 1. The minimum atomic E-state index is 0.0922. The molecule has 0 unspecified atom stereocenters. The van der Waals surface area contributed by atoms with Crippen LogP contribution >= 0.6 is 0 Å². The van der Waals surface area contributed by atoms with E-state index in [1.165, 1.54) is 0 Å². The molecule has 0 fully saturated rings. The number of nitriles is 1. The average molecular weight is 413 g/mol. The Labute approximate surface area is 180 Å². The van der Waals surface area contributed by atoms with Gasteiger partial charge in [-0.3, -0.25) is 9.83 Å². The van der Waals surface area contributed by atoms with Crippen molar-refractivity contribution in [1.29, 1.82) is 5.26 Å². The largest absolute Gasteiger partial charge is 0.504 e. The fourth-order valence-corrected chi connectivity index (χ4v) is 3.79. The van der Waals surface area contributed by atoms with Gasteiger partial charge in [0.15, 0.2) is 17.1 Å². The van der Waals surface area contributed by atoms with Crippen LogP contribution in [0.1, 0.15) is 36.1 Å². The van der Waals surface area contributed by atoms with Gasteiger partial charge in [0.1, 0.15) is 11.9 Å². The predicted molar refractivity (Wildman–Crippen MR) is 122 cm³/mol. The number of fused-ring (bicyclic) bond motifs is 3. The van der Waals surface area contributed by atoms with E-state index in [2.05, 4.69) is 23.5 Å². The lowest BCUT2D eigenvalue weighted by molar-refractivity contribution is 0.318. The number of hydrogen-bond acceptors (Lipinski definition) is 6. The molecule has 0 amide bonds. The maximum atomic E-state index is 9.89. The van der Waals surface area contributed by atoms with E-state index in [1.807, 2.05) is 42.5 Å². The smallest absolute Gasteiger partial charge is 0.161 e. The van der Waals surface area contributed by atoms with Crippen LogP contribution in [0.25, 0.3) is 16.7 Å². The molecule has 2 N–H and O–H groups in total. The Morgan fingerprint density at radius 1 is 1.26 bits per heavy atom. The summed E-state index contributed by atoms with van der Waals surface area (Å²) in [6, 6.07) is 15.2. The number of phenolic OH excluding ortho intramolecular Hbond substituents is 1. The topological polar surface area (TPSA) is 94.9 Å². The first kappa shape index (κ1) is 20.2. The van der Waals surface area contributed by atoms with Crippen LogP contribution in [0, 0.1) is 18.3 Å². The molecule has 0 bridgehead atoms. The molecule has 4 aromatic rings. The maximum Gasteiger partial charge on any atom is 0.161 e. The number of rotatable bonds is 6. The van der Waals surface area contributed by atoms with E-state index in [-0.39, 0.29) is 5.75 Å². The van der Waals surface area contributed by atoms with Gasteiger partial charge in [-0.1, -0.05) is 19.1 Å². The Balaban J connectivity index is 1.83. The zero-order valence-electron chi connectivity index (χ0n) is 17.7. The number of nitrogens with zero attached hydrogens (tertiary/aromatic N) is 4. The first-order valence-corrected chi connectivity index (χ1v) is 10.2. The summed E-state index contributed by atoms with van der Waals surface area (Å²) in [5, 5.41) is 24.1. The zero-order valence-corrected chi connectivity index (χ0v) is 17.7. The van der Waals surface area contributed by atoms with Crippen molar-refractivity contribution in [3.05, 3.63) is 64.7 Å². The summed E-state index contributed by atoms with van der Waals surface area (Å²) in [4.78, 5) is 4.70. The number of anilines is 1. The van der Waals surface area contributed by atoms with Gasteiger partial charge in [0.25, 0.3) is 0 Å². The Morgan fingerprint density at radius 3 is 2.81 bits per heavy atom. The number of nitrogens with one attached hydrogen (secondary N) is 1. The molecule has 0 saturated heterocycles. The molecule has 7 nitrogen and oxygen atoms in total. The second-order valence-electron chi connectivity index (χ2n) is 7.08. The Morgan fingerprint density at radius 2 is 2.06 bits per heavy atom. The van der Waals surface area contributed by atoms with Crippen molar-refractivity contribution >= 4 is 28.7 Å². The van der Waals surface area contributed by atoms with E-state index in [9.17, 15) is 10.4 Å². The number of aromatic hydroxyl groups is 1. The molecule has 0 spiro atoms. The highest BCUT2D eigenvalue weighted by Gasteiger charge is 2.19. The number of ether oxygens (including phenoxy) is 1. The Hall–Kier alpha value is -4.05. The van der Waals surface area contributed by atoms with Gasteiger partial charge >= 0.3 is 0 Å².